The van der Waals surface area contributed by atoms with Gasteiger partial charge in [0, 0.05) is 0 Å². The van der Waals surface area contributed by atoms with E-state index in [4.69, 9.17) is 0 Å². The van der Waals surface area contributed by atoms with Crippen LogP contribution in [0.1, 0.15) is 18.4 Å². The van der Waals surface area contributed by atoms with Gasteiger partial charge in [-0.05, 0) is 0 Å². The zero-order valence-corrected chi connectivity index (χ0v) is 19.3. The maximum atomic E-state index is 2.41. The van der Waals surface area contributed by atoms with E-state index in [1.54, 1.807) is 6.56 Å². The molecule has 0 aliphatic heterocycles. The van der Waals surface area contributed by atoms with Crippen LogP contribution in [-0.4, -0.2) is 6.88 Å². The van der Waals surface area contributed by atoms with Gasteiger partial charge in [-0.15, -0.1) is 34.0 Å². The summed E-state index contributed by atoms with van der Waals surface area (Å²) in [5, 5.41) is 0. The quantitative estimate of drug-likeness (QED) is 0.521. The van der Waals surface area contributed by atoms with Crippen molar-refractivity contribution in [1.82, 2.24) is 0 Å². The average molecular weight is 504 g/mol. The second kappa shape index (κ2) is 8.76. The molecule has 0 unspecified atom stereocenters. The summed E-state index contributed by atoms with van der Waals surface area (Å²) in [4.78, 5) is 0. The monoisotopic (exact) mass is 501 g/mol. The van der Waals surface area contributed by atoms with Gasteiger partial charge in [-0.3, -0.25) is 0 Å². The summed E-state index contributed by atoms with van der Waals surface area (Å²) in [6, 6.07) is 11.1. The number of allylic oxidation sites excluding steroid dienone is 8. The Hall–Kier alpha value is 0.240. The molecular weight excluding hydrogens is 483 g/mol. The first-order valence-electron chi connectivity index (χ1n) is 6.91. The fourth-order valence-electron chi connectivity index (χ4n) is 2.98. The van der Waals surface area contributed by atoms with Crippen LogP contribution in [0.3, 0.4) is 0 Å². The Bertz CT molecular complexity index is 608. The summed E-state index contributed by atoms with van der Waals surface area (Å²) in [5.74, 6) is 0. The first kappa shape index (κ1) is 19.3. The van der Waals surface area contributed by atoms with Crippen molar-refractivity contribution in [2.24, 2.45) is 0 Å². The van der Waals surface area contributed by atoms with Crippen LogP contribution < -0.4 is 0 Å². The molecule has 0 N–H and O–H groups in total. The van der Waals surface area contributed by atoms with Crippen molar-refractivity contribution in [3.63, 3.8) is 0 Å². The van der Waals surface area contributed by atoms with E-state index in [1.165, 1.54) is 22.5 Å². The van der Waals surface area contributed by atoms with E-state index in [0.29, 0.717) is 0 Å². The summed E-state index contributed by atoms with van der Waals surface area (Å²) in [6.07, 6.45) is 16.4. The van der Waals surface area contributed by atoms with Crippen LogP contribution >= 0.6 is 34.0 Å². The molecule has 1 aromatic rings. The van der Waals surface area contributed by atoms with Crippen LogP contribution in [0, 0.1) is 0 Å². The predicted octanol–water partition coefficient (Wildman–Crippen LogP) is 4.73. The van der Waals surface area contributed by atoms with Crippen molar-refractivity contribution in [2.45, 2.75) is 17.0 Å². The van der Waals surface area contributed by atoms with Gasteiger partial charge in [-0.2, -0.15) is 0 Å². The summed E-state index contributed by atoms with van der Waals surface area (Å²) in [6.45, 7) is 2.36. The van der Waals surface area contributed by atoms with E-state index in [1.807, 2.05) is 0 Å². The molecule has 0 aromatic heterocycles. The van der Waals surface area contributed by atoms with Crippen LogP contribution in [0.4, 0.5) is 0 Å². The minimum absolute atomic E-state index is 0. The van der Waals surface area contributed by atoms with Crippen LogP contribution in [0.2, 0.25) is 0 Å². The van der Waals surface area contributed by atoms with Gasteiger partial charge in [-0.25, -0.2) is 0 Å². The first-order chi connectivity index (χ1) is 9.29. The Balaban J connectivity index is 0.00000110. The van der Waals surface area contributed by atoms with Crippen molar-refractivity contribution in [1.29, 1.82) is 0 Å². The van der Waals surface area contributed by atoms with Crippen molar-refractivity contribution in [3.8, 4) is 0 Å². The predicted molar refractivity (Wildman–Crippen MR) is 103 cm³/mol. The molecule has 0 spiro atoms. The standard InChI is InChI=1S/C7H7.2C5H5.2BrH.H2Si.Zr/c1-7-5-3-2-4-6-7;2*1-2-4-5-3-1;;;;/h2-6H,1H2;2*1-3H,4H2;2*1H;1H2;. The summed E-state index contributed by atoms with van der Waals surface area (Å²) < 4.78 is 4.85. The van der Waals surface area contributed by atoms with Crippen LogP contribution in [-0.2, 0) is 23.0 Å². The molecule has 0 bridgehead atoms. The molecule has 0 amide bonds. The summed E-state index contributed by atoms with van der Waals surface area (Å²) in [7, 11) is 0. The fraction of sp³-hybridized carbons (Fsp3) is 0.176. The van der Waals surface area contributed by atoms with Gasteiger partial charge in [-0.1, -0.05) is 0 Å². The van der Waals surface area contributed by atoms with Gasteiger partial charge in [0.1, 0.15) is 0 Å². The van der Waals surface area contributed by atoms with E-state index >= 15 is 0 Å². The van der Waals surface area contributed by atoms with Crippen molar-refractivity contribution in [2.75, 3.05) is 0 Å². The zero-order chi connectivity index (χ0) is 13.1. The topological polar surface area (TPSA) is 0 Å². The maximum absolute atomic E-state index is 2.41. The Morgan fingerprint density at radius 2 is 1.38 bits per heavy atom. The van der Waals surface area contributed by atoms with Gasteiger partial charge >= 0.3 is 122 Å². The van der Waals surface area contributed by atoms with E-state index in [0.717, 1.165) is 0 Å². The number of hydrogen-bond donors (Lipinski definition) is 0. The molecule has 0 saturated heterocycles. The molecule has 0 saturated carbocycles. The molecule has 21 heavy (non-hydrogen) atoms. The molecule has 0 heterocycles. The van der Waals surface area contributed by atoms with Crippen LogP contribution in [0.15, 0.2) is 73.3 Å². The summed E-state index contributed by atoms with van der Waals surface area (Å²) in [5.41, 5.74) is 1.52. The van der Waals surface area contributed by atoms with E-state index in [2.05, 4.69) is 73.7 Å². The molecule has 0 nitrogen and oxygen atoms in total. The molecule has 0 fully saturated rings. The molecule has 2 aliphatic carbocycles. The van der Waals surface area contributed by atoms with Crippen molar-refractivity contribution in [3.05, 3.63) is 78.9 Å². The van der Waals surface area contributed by atoms with E-state index in [9.17, 15) is 0 Å². The van der Waals surface area contributed by atoms with Gasteiger partial charge in [0.25, 0.3) is 0 Å². The molecule has 1 aromatic carbocycles. The third-order valence-electron chi connectivity index (χ3n) is 4.12. The average Bonchev–Trinajstić information content (AvgIpc) is 3.14. The Labute approximate surface area is 154 Å². The van der Waals surface area contributed by atoms with Crippen molar-refractivity contribution < 1.29 is 18.9 Å². The van der Waals surface area contributed by atoms with E-state index in [-0.39, 0.29) is 34.0 Å². The molecule has 0 atom stereocenters. The molecule has 3 rings (SSSR count). The van der Waals surface area contributed by atoms with Gasteiger partial charge < -0.3 is 0 Å². The third-order valence-corrected chi connectivity index (χ3v) is 21.3. The zero-order valence-electron chi connectivity index (χ0n) is 12.0. The molecule has 111 valence electrons. The third kappa shape index (κ3) is 4.37. The fourth-order valence-corrected chi connectivity index (χ4v) is 16.8. The molecule has 0 radical (unpaired) electrons. The van der Waals surface area contributed by atoms with Crippen LogP contribution in [0.5, 0.6) is 0 Å². The normalized spacial score (nSPS) is 16.0. The number of halogens is 2. The van der Waals surface area contributed by atoms with E-state index < -0.39 is 18.9 Å². The SMILES string of the molecule is Br.Br.[SiH2]=[Zr]([CH2]c1ccccc1)([C]1=CC=CC1)[C]1=CC=CC1. The molecule has 2 aliphatic rings. The minimum atomic E-state index is -2.36. The Kier molecular flexibility index (Phi) is 8.05. The Morgan fingerprint density at radius 3 is 1.81 bits per heavy atom. The molecular formula is C17H21Br2SiZr. The molecule has 4 heteroatoms. The number of rotatable bonds is 4. The number of benzene rings is 1. The van der Waals surface area contributed by atoms with Gasteiger partial charge in [0.05, 0.1) is 0 Å². The van der Waals surface area contributed by atoms with Crippen molar-refractivity contribution >= 4 is 40.8 Å². The first-order valence-corrected chi connectivity index (χ1v) is 17.0. The van der Waals surface area contributed by atoms with Gasteiger partial charge in [0.2, 0.25) is 0 Å². The summed E-state index contributed by atoms with van der Waals surface area (Å²) >= 11 is -2.36. The second-order valence-electron chi connectivity index (χ2n) is 5.39. The number of hydrogen-bond acceptors (Lipinski definition) is 0. The second-order valence-corrected chi connectivity index (χ2v) is 21.9. The van der Waals surface area contributed by atoms with Crippen LogP contribution in [0.25, 0.3) is 0 Å². The Morgan fingerprint density at radius 1 is 0.857 bits per heavy atom. The van der Waals surface area contributed by atoms with Gasteiger partial charge in [0.15, 0.2) is 0 Å².